The molecular weight excluding hydrogens is 250 g/mol. The summed E-state index contributed by atoms with van der Waals surface area (Å²) >= 11 is 0. The number of anilines is 3. The number of nitrogens with two attached hydrogens (primary N) is 1. The fourth-order valence-electron chi connectivity index (χ4n) is 2.27. The molecule has 20 heavy (non-hydrogen) atoms. The molecular formula is C15H21N5. The number of benzene rings is 1. The highest BCUT2D eigenvalue weighted by molar-refractivity contribution is 5.67. The zero-order chi connectivity index (χ0) is 14.7. The van der Waals surface area contributed by atoms with Crippen LogP contribution >= 0.6 is 0 Å². The van der Waals surface area contributed by atoms with Gasteiger partial charge in [-0.05, 0) is 45.4 Å². The molecule has 2 aromatic rings. The van der Waals surface area contributed by atoms with E-state index in [1.807, 2.05) is 13.8 Å². The van der Waals surface area contributed by atoms with Crippen LogP contribution in [0.3, 0.4) is 0 Å². The van der Waals surface area contributed by atoms with Crippen molar-refractivity contribution in [1.82, 2.24) is 9.97 Å². The van der Waals surface area contributed by atoms with Gasteiger partial charge < -0.3 is 10.3 Å². The lowest BCUT2D eigenvalue weighted by atomic mass is 10.2. The lowest BCUT2D eigenvalue weighted by molar-refractivity contribution is 0.934. The van der Waals surface area contributed by atoms with Crippen LogP contribution in [0.25, 0.3) is 0 Å². The fraction of sp³-hybridized carbons (Fsp3) is 0.333. The summed E-state index contributed by atoms with van der Waals surface area (Å²) in [5.74, 6) is 7.79. The first-order chi connectivity index (χ1) is 9.56. The largest absolute Gasteiger partial charge is 0.326 e. The number of nitrogen functional groups attached to an aromatic ring is 1. The number of hydrogen-bond donors (Lipinski definition) is 2. The predicted octanol–water partition coefficient (Wildman–Crippen LogP) is 2.85. The van der Waals surface area contributed by atoms with Gasteiger partial charge in [0.15, 0.2) is 0 Å². The first kappa shape index (κ1) is 14.3. The molecule has 0 aliphatic carbocycles. The van der Waals surface area contributed by atoms with Gasteiger partial charge in [-0.2, -0.15) is 0 Å². The molecule has 0 spiro atoms. The topological polar surface area (TPSA) is 67.1 Å². The minimum Gasteiger partial charge on any atom is -0.326 e. The number of aromatic nitrogens is 2. The molecule has 0 saturated heterocycles. The van der Waals surface area contributed by atoms with E-state index in [1.165, 1.54) is 5.56 Å². The van der Waals surface area contributed by atoms with Gasteiger partial charge in [-0.25, -0.2) is 15.8 Å². The predicted molar refractivity (Wildman–Crippen MR) is 83.2 cm³/mol. The molecule has 0 aliphatic rings. The summed E-state index contributed by atoms with van der Waals surface area (Å²) in [4.78, 5) is 11.0. The first-order valence-electron chi connectivity index (χ1n) is 6.73. The maximum atomic E-state index is 5.53. The zero-order valence-corrected chi connectivity index (χ0v) is 12.4. The Kier molecular flexibility index (Phi) is 4.20. The molecule has 5 heteroatoms. The van der Waals surface area contributed by atoms with Crippen LogP contribution in [0.15, 0.2) is 24.3 Å². The second-order valence-corrected chi connectivity index (χ2v) is 4.80. The number of aryl methyl sites for hydroxylation is 2. The Hall–Kier alpha value is -2.14. The second-order valence-electron chi connectivity index (χ2n) is 4.80. The van der Waals surface area contributed by atoms with Gasteiger partial charge >= 0.3 is 0 Å². The highest BCUT2D eigenvalue weighted by atomic mass is 15.3. The molecule has 5 nitrogen and oxygen atoms in total. The van der Waals surface area contributed by atoms with Crippen molar-refractivity contribution in [3.05, 3.63) is 41.2 Å². The Morgan fingerprint density at radius 2 is 1.95 bits per heavy atom. The van der Waals surface area contributed by atoms with Crippen LogP contribution in [0.2, 0.25) is 0 Å². The minimum atomic E-state index is 0.665. The number of rotatable bonds is 4. The molecule has 0 amide bonds. The average Bonchev–Trinajstić information content (AvgIpc) is 2.43. The molecule has 0 unspecified atom stereocenters. The van der Waals surface area contributed by atoms with Crippen LogP contribution < -0.4 is 16.2 Å². The average molecular weight is 271 g/mol. The van der Waals surface area contributed by atoms with Gasteiger partial charge in [-0.3, -0.25) is 0 Å². The molecule has 2 rings (SSSR count). The highest BCUT2D eigenvalue weighted by Gasteiger charge is 2.15. The quantitative estimate of drug-likeness (QED) is 0.661. The normalized spacial score (nSPS) is 10.4. The summed E-state index contributed by atoms with van der Waals surface area (Å²) in [6, 6.07) is 8.37. The Morgan fingerprint density at radius 3 is 2.55 bits per heavy atom. The summed E-state index contributed by atoms with van der Waals surface area (Å²) in [5.41, 5.74) is 5.93. The van der Waals surface area contributed by atoms with Crippen molar-refractivity contribution in [2.24, 2.45) is 5.84 Å². The summed E-state index contributed by atoms with van der Waals surface area (Å²) in [6.07, 6.45) is 0. The van der Waals surface area contributed by atoms with Crippen molar-refractivity contribution in [3.8, 4) is 0 Å². The first-order valence-corrected chi connectivity index (χ1v) is 6.73. The van der Waals surface area contributed by atoms with Crippen LogP contribution in [0, 0.1) is 20.8 Å². The highest BCUT2D eigenvalue weighted by Crippen LogP contribution is 2.29. The summed E-state index contributed by atoms with van der Waals surface area (Å²) < 4.78 is 0. The third kappa shape index (κ3) is 2.72. The number of hydrazine groups is 1. The molecule has 0 fully saturated rings. The van der Waals surface area contributed by atoms with Gasteiger partial charge in [0.25, 0.3) is 0 Å². The van der Waals surface area contributed by atoms with Gasteiger partial charge in [0.2, 0.25) is 0 Å². The smallest absolute Gasteiger partial charge is 0.148 e. The van der Waals surface area contributed by atoms with Gasteiger partial charge in [-0.1, -0.05) is 12.1 Å². The minimum absolute atomic E-state index is 0.665. The van der Waals surface area contributed by atoms with Gasteiger partial charge in [0.05, 0.1) is 0 Å². The van der Waals surface area contributed by atoms with E-state index in [4.69, 9.17) is 5.84 Å². The van der Waals surface area contributed by atoms with E-state index < -0.39 is 0 Å². The standard InChI is InChI=1S/C15H21N5/c1-5-20(13-8-6-7-10(2)9-13)15-11(3)14(19-16)17-12(4)18-15/h6-9H,5,16H2,1-4H3,(H,17,18,19). The molecule has 106 valence electrons. The third-order valence-electron chi connectivity index (χ3n) is 3.25. The lowest BCUT2D eigenvalue weighted by Gasteiger charge is -2.25. The van der Waals surface area contributed by atoms with E-state index in [0.29, 0.717) is 11.6 Å². The maximum absolute atomic E-state index is 5.53. The van der Waals surface area contributed by atoms with E-state index in [0.717, 1.165) is 23.6 Å². The Bertz CT molecular complexity index is 609. The van der Waals surface area contributed by atoms with Gasteiger partial charge in [0.1, 0.15) is 17.5 Å². The fourth-order valence-corrected chi connectivity index (χ4v) is 2.27. The molecule has 0 radical (unpaired) electrons. The van der Waals surface area contributed by atoms with E-state index in [-0.39, 0.29) is 0 Å². The van der Waals surface area contributed by atoms with Crippen molar-refractivity contribution < 1.29 is 0 Å². The van der Waals surface area contributed by atoms with Gasteiger partial charge in [0, 0.05) is 17.8 Å². The van der Waals surface area contributed by atoms with Crippen LogP contribution in [0.4, 0.5) is 17.3 Å². The molecule has 0 saturated carbocycles. The number of nitrogens with zero attached hydrogens (tertiary/aromatic N) is 3. The summed E-state index contributed by atoms with van der Waals surface area (Å²) in [7, 11) is 0. The van der Waals surface area contributed by atoms with Crippen molar-refractivity contribution >= 4 is 17.3 Å². The van der Waals surface area contributed by atoms with Crippen molar-refractivity contribution in [2.45, 2.75) is 27.7 Å². The molecule has 0 atom stereocenters. The Balaban J connectivity index is 2.55. The van der Waals surface area contributed by atoms with Crippen molar-refractivity contribution in [2.75, 3.05) is 16.9 Å². The molecule has 1 aromatic heterocycles. The summed E-state index contributed by atoms with van der Waals surface area (Å²) in [5, 5.41) is 0. The maximum Gasteiger partial charge on any atom is 0.148 e. The molecule has 1 aromatic carbocycles. The molecule has 0 aliphatic heterocycles. The summed E-state index contributed by atoms with van der Waals surface area (Å²) in [6.45, 7) is 8.86. The Morgan fingerprint density at radius 1 is 1.20 bits per heavy atom. The van der Waals surface area contributed by atoms with Crippen molar-refractivity contribution in [1.29, 1.82) is 0 Å². The van der Waals surface area contributed by atoms with E-state index in [1.54, 1.807) is 0 Å². The second kappa shape index (κ2) is 5.88. The zero-order valence-electron chi connectivity index (χ0n) is 12.4. The van der Waals surface area contributed by atoms with Gasteiger partial charge in [-0.15, -0.1) is 0 Å². The SMILES string of the molecule is CCN(c1cccc(C)c1)c1nc(C)nc(NN)c1C. The molecule has 0 bridgehead atoms. The van der Waals surface area contributed by atoms with Crippen LogP contribution in [-0.2, 0) is 0 Å². The van der Waals surface area contributed by atoms with E-state index >= 15 is 0 Å². The monoisotopic (exact) mass is 271 g/mol. The van der Waals surface area contributed by atoms with Crippen LogP contribution in [0.1, 0.15) is 23.9 Å². The molecule has 3 N–H and O–H groups in total. The number of nitrogens with one attached hydrogen (secondary N) is 1. The van der Waals surface area contributed by atoms with Crippen LogP contribution in [-0.4, -0.2) is 16.5 Å². The Labute approximate surface area is 119 Å². The lowest BCUT2D eigenvalue weighted by Crippen LogP contribution is -2.21. The van der Waals surface area contributed by atoms with E-state index in [2.05, 4.69) is 58.4 Å². The van der Waals surface area contributed by atoms with E-state index in [9.17, 15) is 0 Å². The van der Waals surface area contributed by atoms with Crippen LogP contribution in [0.5, 0.6) is 0 Å². The van der Waals surface area contributed by atoms with Crippen molar-refractivity contribution in [3.63, 3.8) is 0 Å². The third-order valence-corrected chi connectivity index (χ3v) is 3.25. The molecule has 1 heterocycles. The number of hydrogen-bond acceptors (Lipinski definition) is 5.